The summed E-state index contributed by atoms with van der Waals surface area (Å²) in [4.78, 5) is 0. The standard InChI is InChI=1S/C19H25NO/c1-5-14(2)11-17(20-3)12-16-8-6-7-15-9-10-18(21-4)13-19(15)16/h6-10,13,17,20H,2,5,11-12H2,1,3-4H3. The molecule has 2 heteroatoms. The Bertz CT molecular complexity index is 618. The monoisotopic (exact) mass is 283 g/mol. The highest BCUT2D eigenvalue weighted by Crippen LogP contribution is 2.25. The summed E-state index contributed by atoms with van der Waals surface area (Å²) < 4.78 is 5.36. The van der Waals surface area contributed by atoms with Gasteiger partial charge in [0.2, 0.25) is 0 Å². The number of benzene rings is 2. The average Bonchev–Trinajstić information content (AvgIpc) is 2.53. The lowest BCUT2D eigenvalue weighted by atomic mass is 9.95. The van der Waals surface area contributed by atoms with Crippen LogP contribution < -0.4 is 10.1 Å². The van der Waals surface area contributed by atoms with Gasteiger partial charge in [-0.25, -0.2) is 0 Å². The molecular weight excluding hydrogens is 258 g/mol. The third kappa shape index (κ3) is 3.85. The van der Waals surface area contributed by atoms with Gasteiger partial charge in [0.1, 0.15) is 5.75 Å². The number of methoxy groups -OCH3 is 1. The fourth-order valence-corrected chi connectivity index (χ4v) is 2.66. The van der Waals surface area contributed by atoms with Gasteiger partial charge in [-0.05, 0) is 54.8 Å². The van der Waals surface area contributed by atoms with Crippen LogP contribution in [0.2, 0.25) is 0 Å². The van der Waals surface area contributed by atoms with Gasteiger partial charge in [-0.2, -0.15) is 0 Å². The highest BCUT2D eigenvalue weighted by molar-refractivity contribution is 5.87. The summed E-state index contributed by atoms with van der Waals surface area (Å²) >= 11 is 0. The summed E-state index contributed by atoms with van der Waals surface area (Å²) in [7, 11) is 3.74. The molecule has 0 aromatic heterocycles. The van der Waals surface area contributed by atoms with Gasteiger partial charge in [0.15, 0.2) is 0 Å². The third-order valence-corrected chi connectivity index (χ3v) is 4.09. The van der Waals surface area contributed by atoms with Gasteiger partial charge in [0.25, 0.3) is 0 Å². The van der Waals surface area contributed by atoms with Gasteiger partial charge in [0.05, 0.1) is 7.11 Å². The van der Waals surface area contributed by atoms with Crippen molar-refractivity contribution in [3.05, 3.63) is 54.1 Å². The summed E-state index contributed by atoms with van der Waals surface area (Å²) in [6.07, 6.45) is 3.06. The van der Waals surface area contributed by atoms with Gasteiger partial charge in [0, 0.05) is 6.04 Å². The topological polar surface area (TPSA) is 21.3 Å². The highest BCUT2D eigenvalue weighted by atomic mass is 16.5. The number of fused-ring (bicyclic) bond motifs is 1. The fourth-order valence-electron chi connectivity index (χ4n) is 2.66. The maximum Gasteiger partial charge on any atom is 0.119 e. The molecule has 0 amide bonds. The third-order valence-electron chi connectivity index (χ3n) is 4.09. The Hall–Kier alpha value is -1.80. The molecule has 0 radical (unpaired) electrons. The molecule has 0 saturated carbocycles. The molecule has 1 atom stereocenters. The molecule has 2 nitrogen and oxygen atoms in total. The minimum atomic E-state index is 0.425. The number of hydrogen-bond acceptors (Lipinski definition) is 2. The van der Waals surface area contributed by atoms with Crippen LogP contribution in [0.25, 0.3) is 10.8 Å². The van der Waals surface area contributed by atoms with Crippen LogP contribution in [0.15, 0.2) is 48.6 Å². The fraction of sp³-hybridized carbons (Fsp3) is 0.368. The predicted molar refractivity (Wildman–Crippen MR) is 91.1 cm³/mol. The zero-order valence-corrected chi connectivity index (χ0v) is 13.3. The van der Waals surface area contributed by atoms with Gasteiger partial charge < -0.3 is 10.1 Å². The molecule has 21 heavy (non-hydrogen) atoms. The van der Waals surface area contributed by atoms with E-state index < -0.39 is 0 Å². The predicted octanol–water partition coefficient (Wildman–Crippen LogP) is 4.34. The number of likely N-dealkylation sites (N-methyl/N-ethyl adjacent to an activating group) is 1. The number of hydrogen-bond donors (Lipinski definition) is 1. The van der Waals surface area contributed by atoms with Gasteiger partial charge in [-0.1, -0.05) is 43.3 Å². The molecule has 2 rings (SSSR count). The van der Waals surface area contributed by atoms with E-state index in [2.05, 4.69) is 49.2 Å². The van der Waals surface area contributed by atoms with E-state index in [9.17, 15) is 0 Å². The van der Waals surface area contributed by atoms with E-state index in [1.807, 2.05) is 13.1 Å². The molecule has 0 heterocycles. The average molecular weight is 283 g/mol. The largest absolute Gasteiger partial charge is 0.497 e. The Morgan fingerprint density at radius 2 is 2.10 bits per heavy atom. The van der Waals surface area contributed by atoms with Crippen molar-refractivity contribution in [1.82, 2.24) is 5.32 Å². The summed E-state index contributed by atoms with van der Waals surface area (Å²) in [5.74, 6) is 0.911. The Balaban J connectivity index is 2.29. The Morgan fingerprint density at radius 3 is 2.76 bits per heavy atom. The van der Waals surface area contributed by atoms with E-state index >= 15 is 0 Å². The molecule has 1 unspecified atom stereocenters. The summed E-state index contributed by atoms with van der Waals surface area (Å²) in [6, 6.07) is 13.2. The first-order chi connectivity index (χ1) is 10.2. The van der Waals surface area contributed by atoms with Crippen molar-refractivity contribution < 1.29 is 4.74 Å². The minimum Gasteiger partial charge on any atom is -0.497 e. The van der Waals surface area contributed by atoms with E-state index in [0.29, 0.717) is 6.04 Å². The number of rotatable bonds is 7. The molecule has 2 aromatic carbocycles. The maximum absolute atomic E-state index is 5.36. The van der Waals surface area contributed by atoms with Crippen LogP contribution in [-0.2, 0) is 6.42 Å². The van der Waals surface area contributed by atoms with Crippen LogP contribution in [0.5, 0.6) is 5.75 Å². The van der Waals surface area contributed by atoms with E-state index in [1.165, 1.54) is 21.9 Å². The molecule has 2 aromatic rings. The zero-order valence-electron chi connectivity index (χ0n) is 13.3. The van der Waals surface area contributed by atoms with Crippen LogP contribution in [0.3, 0.4) is 0 Å². The number of ether oxygens (including phenoxy) is 1. The van der Waals surface area contributed by atoms with Crippen molar-refractivity contribution in [1.29, 1.82) is 0 Å². The lowest BCUT2D eigenvalue weighted by Gasteiger charge is -2.18. The zero-order chi connectivity index (χ0) is 15.2. The first-order valence-corrected chi connectivity index (χ1v) is 7.57. The van der Waals surface area contributed by atoms with Gasteiger partial charge >= 0.3 is 0 Å². The molecule has 0 aliphatic heterocycles. The Kier molecular flexibility index (Phi) is 5.40. The van der Waals surface area contributed by atoms with Crippen LogP contribution >= 0.6 is 0 Å². The van der Waals surface area contributed by atoms with E-state index in [1.54, 1.807) is 7.11 Å². The summed E-state index contributed by atoms with van der Waals surface area (Å²) in [6.45, 7) is 6.30. The second-order valence-electron chi connectivity index (χ2n) is 5.50. The second kappa shape index (κ2) is 7.28. The Morgan fingerprint density at radius 1 is 1.29 bits per heavy atom. The quantitative estimate of drug-likeness (QED) is 0.763. The smallest absolute Gasteiger partial charge is 0.119 e. The van der Waals surface area contributed by atoms with Crippen molar-refractivity contribution in [2.45, 2.75) is 32.2 Å². The molecule has 0 aliphatic carbocycles. The number of nitrogens with one attached hydrogen (secondary N) is 1. The lowest BCUT2D eigenvalue weighted by molar-refractivity contribution is 0.415. The van der Waals surface area contributed by atoms with Crippen molar-refractivity contribution in [2.24, 2.45) is 0 Å². The van der Waals surface area contributed by atoms with E-state index in [4.69, 9.17) is 4.74 Å². The SMILES string of the molecule is C=C(CC)CC(Cc1cccc2ccc(OC)cc12)NC. The summed E-state index contributed by atoms with van der Waals surface area (Å²) in [5, 5.41) is 5.96. The first kappa shape index (κ1) is 15.6. The molecule has 0 aliphatic rings. The molecular formula is C19H25NO. The van der Waals surface area contributed by atoms with Crippen molar-refractivity contribution >= 4 is 10.8 Å². The Labute approximate surface area is 127 Å². The molecule has 112 valence electrons. The molecule has 1 N–H and O–H groups in total. The van der Waals surface area contributed by atoms with Crippen molar-refractivity contribution in [2.75, 3.05) is 14.2 Å². The van der Waals surface area contributed by atoms with Crippen molar-refractivity contribution in [3.8, 4) is 5.75 Å². The molecule has 0 saturated heterocycles. The normalized spacial score (nSPS) is 12.3. The minimum absolute atomic E-state index is 0.425. The van der Waals surface area contributed by atoms with Crippen LogP contribution in [0.4, 0.5) is 0 Å². The molecule has 0 spiro atoms. The van der Waals surface area contributed by atoms with Crippen LogP contribution in [0, 0.1) is 0 Å². The maximum atomic E-state index is 5.36. The van der Waals surface area contributed by atoms with Crippen molar-refractivity contribution in [3.63, 3.8) is 0 Å². The summed E-state index contributed by atoms with van der Waals surface area (Å²) in [5.41, 5.74) is 2.65. The molecule has 0 bridgehead atoms. The molecule has 0 fully saturated rings. The van der Waals surface area contributed by atoms with Crippen LogP contribution in [0.1, 0.15) is 25.3 Å². The lowest BCUT2D eigenvalue weighted by Crippen LogP contribution is -2.28. The van der Waals surface area contributed by atoms with E-state index in [-0.39, 0.29) is 0 Å². The van der Waals surface area contributed by atoms with E-state index in [0.717, 1.165) is 25.0 Å². The van der Waals surface area contributed by atoms with Crippen LogP contribution in [-0.4, -0.2) is 20.2 Å². The van der Waals surface area contributed by atoms with Gasteiger partial charge in [-0.15, -0.1) is 0 Å². The highest BCUT2D eigenvalue weighted by Gasteiger charge is 2.11. The van der Waals surface area contributed by atoms with Gasteiger partial charge in [-0.3, -0.25) is 0 Å². The first-order valence-electron chi connectivity index (χ1n) is 7.57. The second-order valence-corrected chi connectivity index (χ2v) is 5.50.